The molecule has 0 aromatic heterocycles. The van der Waals surface area contributed by atoms with E-state index in [-0.39, 0.29) is 24.1 Å². The highest BCUT2D eigenvalue weighted by atomic mass is 79.9. The van der Waals surface area contributed by atoms with E-state index in [2.05, 4.69) is 21.2 Å². The van der Waals surface area contributed by atoms with E-state index in [1.807, 2.05) is 13.8 Å². The molecule has 1 saturated carbocycles. The van der Waals surface area contributed by atoms with Gasteiger partial charge in [0, 0.05) is 6.04 Å². The van der Waals surface area contributed by atoms with E-state index in [1.165, 1.54) is 13.2 Å². The molecule has 0 bridgehead atoms. The third-order valence-electron chi connectivity index (χ3n) is 3.81. The summed E-state index contributed by atoms with van der Waals surface area (Å²) in [6.45, 7) is 3.99. The third kappa shape index (κ3) is 4.87. The van der Waals surface area contributed by atoms with Crippen molar-refractivity contribution in [3.63, 3.8) is 0 Å². The van der Waals surface area contributed by atoms with Crippen LogP contribution >= 0.6 is 15.9 Å². The Balaban J connectivity index is 1.96. The first-order valence-electron chi connectivity index (χ1n) is 7.93. The van der Waals surface area contributed by atoms with Gasteiger partial charge in [-0.25, -0.2) is 4.79 Å². The average Bonchev–Trinajstić information content (AvgIpc) is 3.39. The fourth-order valence-corrected chi connectivity index (χ4v) is 2.90. The number of hydrogen-bond donors (Lipinski definition) is 1. The highest BCUT2D eigenvalue weighted by molar-refractivity contribution is 9.10. The fourth-order valence-electron chi connectivity index (χ4n) is 2.35. The van der Waals surface area contributed by atoms with Crippen LogP contribution in [0.2, 0.25) is 0 Å². The number of rotatable bonds is 8. The topological polar surface area (TPSA) is 73.9 Å². The second-order valence-corrected chi connectivity index (χ2v) is 6.55. The summed E-state index contributed by atoms with van der Waals surface area (Å²) in [7, 11) is 1.49. The first kappa shape index (κ1) is 18.6. The molecule has 6 nitrogen and oxygen atoms in total. The standard InChI is InChI=1S/C17H22BrNO5/c1-4-23-16-13(18)7-12(8-14(16)22-3)17(21)24-9-15(20)19-10(2)11-5-6-11/h7-8,10-11H,4-6,9H2,1-3H3,(H,19,20)/t10-/m1/s1. The van der Waals surface area contributed by atoms with Crippen LogP contribution in [0.25, 0.3) is 0 Å². The van der Waals surface area contributed by atoms with Gasteiger partial charge >= 0.3 is 5.97 Å². The fraction of sp³-hybridized carbons (Fsp3) is 0.529. The van der Waals surface area contributed by atoms with Gasteiger partial charge in [0.1, 0.15) is 0 Å². The molecule has 1 aliphatic carbocycles. The van der Waals surface area contributed by atoms with Crippen molar-refractivity contribution < 1.29 is 23.8 Å². The number of benzene rings is 1. The molecule has 1 aromatic carbocycles. The molecule has 1 aromatic rings. The van der Waals surface area contributed by atoms with Gasteiger partial charge in [0.05, 0.1) is 23.8 Å². The number of nitrogens with one attached hydrogen (secondary N) is 1. The number of halogens is 1. The highest BCUT2D eigenvalue weighted by Gasteiger charge is 2.29. The lowest BCUT2D eigenvalue weighted by Crippen LogP contribution is -2.37. The summed E-state index contributed by atoms with van der Waals surface area (Å²) in [5.41, 5.74) is 0.283. The van der Waals surface area contributed by atoms with Gasteiger partial charge in [-0.2, -0.15) is 0 Å². The summed E-state index contributed by atoms with van der Waals surface area (Å²) in [6, 6.07) is 3.24. The van der Waals surface area contributed by atoms with Gasteiger partial charge < -0.3 is 19.5 Å². The van der Waals surface area contributed by atoms with E-state index in [1.54, 1.807) is 6.07 Å². The van der Waals surface area contributed by atoms with Gasteiger partial charge in [-0.3, -0.25) is 4.79 Å². The molecule has 1 fully saturated rings. The molecule has 0 aliphatic heterocycles. The molecule has 0 saturated heterocycles. The van der Waals surface area contributed by atoms with Crippen LogP contribution in [0, 0.1) is 5.92 Å². The second-order valence-electron chi connectivity index (χ2n) is 5.69. The van der Waals surface area contributed by atoms with Crippen molar-refractivity contribution in [2.24, 2.45) is 5.92 Å². The third-order valence-corrected chi connectivity index (χ3v) is 4.39. The van der Waals surface area contributed by atoms with E-state index in [9.17, 15) is 9.59 Å². The zero-order valence-corrected chi connectivity index (χ0v) is 15.6. The summed E-state index contributed by atoms with van der Waals surface area (Å²) in [5.74, 6) is 0.611. The molecular formula is C17H22BrNO5. The Morgan fingerprint density at radius 3 is 2.67 bits per heavy atom. The van der Waals surface area contributed by atoms with E-state index in [0.717, 1.165) is 12.8 Å². The second kappa shape index (κ2) is 8.37. The maximum Gasteiger partial charge on any atom is 0.338 e. The number of esters is 1. The highest BCUT2D eigenvalue weighted by Crippen LogP contribution is 2.36. The number of amides is 1. The molecule has 7 heteroatoms. The molecule has 1 atom stereocenters. The Hall–Kier alpha value is -1.76. The van der Waals surface area contributed by atoms with E-state index >= 15 is 0 Å². The minimum absolute atomic E-state index is 0.121. The summed E-state index contributed by atoms with van der Waals surface area (Å²) >= 11 is 3.35. The normalized spacial score (nSPS) is 14.7. The van der Waals surface area contributed by atoms with Crippen LogP contribution < -0.4 is 14.8 Å². The number of ether oxygens (including phenoxy) is 3. The zero-order valence-electron chi connectivity index (χ0n) is 14.1. The summed E-state index contributed by atoms with van der Waals surface area (Å²) in [6.07, 6.45) is 2.28. The quantitative estimate of drug-likeness (QED) is 0.680. The van der Waals surface area contributed by atoms with Gasteiger partial charge in [-0.15, -0.1) is 0 Å². The molecule has 24 heavy (non-hydrogen) atoms. The Bertz CT molecular complexity index is 615. The largest absolute Gasteiger partial charge is 0.493 e. The van der Waals surface area contributed by atoms with E-state index < -0.39 is 5.97 Å². The van der Waals surface area contributed by atoms with Gasteiger partial charge in [0.2, 0.25) is 0 Å². The Kier molecular flexibility index (Phi) is 6.48. The summed E-state index contributed by atoms with van der Waals surface area (Å²) < 4.78 is 16.4. The lowest BCUT2D eigenvalue weighted by molar-refractivity contribution is -0.124. The van der Waals surface area contributed by atoms with Crippen molar-refractivity contribution in [3.05, 3.63) is 22.2 Å². The smallest absolute Gasteiger partial charge is 0.338 e. The van der Waals surface area contributed by atoms with Gasteiger partial charge in [-0.1, -0.05) is 0 Å². The number of methoxy groups -OCH3 is 1. The lowest BCUT2D eigenvalue weighted by atomic mass is 10.2. The van der Waals surface area contributed by atoms with Gasteiger partial charge in [0.15, 0.2) is 18.1 Å². The van der Waals surface area contributed by atoms with Crippen molar-refractivity contribution in [2.45, 2.75) is 32.7 Å². The monoisotopic (exact) mass is 399 g/mol. The van der Waals surface area contributed by atoms with E-state index in [0.29, 0.717) is 28.5 Å². The molecular weight excluding hydrogens is 378 g/mol. The summed E-state index contributed by atoms with van der Waals surface area (Å²) in [4.78, 5) is 24.0. The maximum absolute atomic E-state index is 12.2. The molecule has 0 spiro atoms. The van der Waals surface area contributed by atoms with Crippen molar-refractivity contribution in [1.29, 1.82) is 0 Å². The maximum atomic E-state index is 12.2. The molecule has 2 rings (SSSR count). The van der Waals surface area contributed by atoms with Gasteiger partial charge in [-0.05, 0) is 60.7 Å². The molecule has 0 unspecified atom stereocenters. The Morgan fingerprint density at radius 2 is 2.08 bits per heavy atom. The number of carbonyl (C=O) groups excluding carboxylic acids is 2. The molecule has 1 aliphatic rings. The zero-order chi connectivity index (χ0) is 17.7. The van der Waals surface area contributed by atoms with Crippen LogP contribution in [0.5, 0.6) is 11.5 Å². The molecule has 1 amide bonds. The van der Waals surface area contributed by atoms with Crippen molar-refractivity contribution >= 4 is 27.8 Å². The van der Waals surface area contributed by atoms with Crippen LogP contribution in [-0.2, 0) is 9.53 Å². The number of hydrogen-bond acceptors (Lipinski definition) is 5. The molecule has 0 heterocycles. The first-order chi connectivity index (χ1) is 11.5. The average molecular weight is 400 g/mol. The first-order valence-corrected chi connectivity index (χ1v) is 8.72. The van der Waals surface area contributed by atoms with Gasteiger partial charge in [0.25, 0.3) is 5.91 Å². The van der Waals surface area contributed by atoms with Crippen LogP contribution in [0.4, 0.5) is 0 Å². The molecule has 132 valence electrons. The number of carbonyl (C=O) groups is 2. The Labute approximate surface area is 150 Å². The van der Waals surface area contributed by atoms with Crippen LogP contribution in [0.15, 0.2) is 16.6 Å². The molecule has 0 radical (unpaired) electrons. The van der Waals surface area contributed by atoms with Crippen molar-refractivity contribution in [1.82, 2.24) is 5.32 Å². The van der Waals surface area contributed by atoms with E-state index in [4.69, 9.17) is 14.2 Å². The van der Waals surface area contributed by atoms with Crippen molar-refractivity contribution in [3.8, 4) is 11.5 Å². The van der Waals surface area contributed by atoms with Crippen molar-refractivity contribution in [2.75, 3.05) is 20.3 Å². The van der Waals surface area contributed by atoms with Crippen LogP contribution in [0.1, 0.15) is 37.0 Å². The van der Waals surface area contributed by atoms with Crippen LogP contribution in [-0.4, -0.2) is 38.2 Å². The molecule has 1 N–H and O–H groups in total. The predicted molar refractivity (Wildman–Crippen MR) is 92.5 cm³/mol. The minimum atomic E-state index is -0.591. The summed E-state index contributed by atoms with van der Waals surface area (Å²) in [5, 5.41) is 2.84. The Morgan fingerprint density at radius 1 is 1.38 bits per heavy atom. The SMILES string of the molecule is CCOc1c(Br)cc(C(=O)OCC(=O)N[C@H](C)C2CC2)cc1OC. The predicted octanol–water partition coefficient (Wildman–Crippen LogP) is 2.93. The lowest BCUT2D eigenvalue weighted by Gasteiger charge is -2.14. The minimum Gasteiger partial charge on any atom is -0.493 e. The van der Waals surface area contributed by atoms with Crippen LogP contribution in [0.3, 0.4) is 0 Å².